The van der Waals surface area contributed by atoms with Gasteiger partial charge in [0.05, 0.1) is 6.61 Å². The third-order valence-corrected chi connectivity index (χ3v) is 2.18. The zero-order valence-electron chi connectivity index (χ0n) is 9.13. The molecule has 0 bridgehead atoms. The third-order valence-electron chi connectivity index (χ3n) is 2.18. The normalized spacial score (nSPS) is 13.5. The summed E-state index contributed by atoms with van der Waals surface area (Å²) in [5.41, 5.74) is 6.23. The van der Waals surface area contributed by atoms with Crippen molar-refractivity contribution in [2.24, 2.45) is 10.9 Å². The van der Waals surface area contributed by atoms with Crippen LogP contribution in [0, 0.1) is 0 Å². The maximum absolute atomic E-state index is 8.96. The van der Waals surface area contributed by atoms with Crippen molar-refractivity contribution in [2.75, 3.05) is 0 Å². The molecule has 1 atom stereocenters. The smallest absolute Gasteiger partial charge is 0.180 e. The lowest BCUT2D eigenvalue weighted by atomic mass is 10.2. The number of nitrogens with zero attached hydrogens (tertiary/aromatic N) is 1. The maximum atomic E-state index is 8.96. The Morgan fingerprint density at radius 1 is 1.56 bits per heavy atom. The van der Waals surface area contributed by atoms with Gasteiger partial charge in [-0.1, -0.05) is 24.2 Å². The molecule has 1 unspecified atom stereocenters. The van der Waals surface area contributed by atoms with E-state index in [9.17, 15) is 0 Å². The number of aliphatic hydroxyl groups is 1. The molecule has 0 aromatic heterocycles. The first kappa shape index (κ1) is 12.3. The minimum absolute atomic E-state index is 0.0388. The molecule has 0 fully saturated rings. The predicted octanol–water partition coefficient (Wildman–Crippen LogP) is 1.08. The van der Waals surface area contributed by atoms with Crippen LogP contribution in [0.5, 0.6) is 5.75 Å². The number of hydrogen-bond donors (Lipinski definition) is 3. The molecule has 0 radical (unpaired) electrons. The monoisotopic (exact) mass is 224 g/mol. The highest BCUT2D eigenvalue weighted by atomic mass is 16.5. The Morgan fingerprint density at radius 3 is 2.88 bits per heavy atom. The molecule has 0 saturated carbocycles. The van der Waals surface area contributed by atoms with Gasteiger partial charge in [-0.05, 0) is 24.1 Å². The van der Waals surface area contributed by atoms with Gasteiger partial charge in [0.15, 0.2) is 11.9 Å². The van der Waals surface area contributed by atoms with E-state index in [2.05, 4.69) is 5.16 Å². The van der Waals surface area contributed by atoms with Crippen molar-refractivity contribution in [1.29, 1.82) is 0 Å². The SMILES string of the molecule is CCC(Oc1cccc(CO)c1)C(N)=NO. The van der Waals surface area contributed by atoms with Crippen molar-refractivity contribution in [3.05, 3.63) is 29.8 Å². The lowest BCUT2D eigenvalue weighted by Crippen LogP contribution is -2.33. The van der Waals surface area contributed by atoms with Gasteiger partial charge in [-0.25, -0.2) is 0 Å². The van der Waals surface area contributed by atoms with Crippen molar-refractivity contribution in [1.82, 2.24) is 0 Å². The van der Waals surface area contributed by atoms with Crippen molar-refractivity contribution in [3.8, 4) is 5.75 Å². The van der Waals surface area contributed by atoms with E-state index in [0.717, 1.165) is 5.56 Å². The summed E-state index contributed by atoms with van der Waals surface area (Å²) in [5.74, 6) is 0.627. The Hall–Kier alpha value is -1.75. The van der Waals surface area contributed by atoms with Crippen molar-refractivity contribution < 1.29 is 15.1 Å². The van der Waals surface area contributed by atoms with Gasteiger partial charge in [0.2, 0.25) is 0 Å². The Kier molecular flexibility index (Phi) is 4.60. The fourth-order valence-electron chi connectivity index (χ4n) is 1.30. The van der Waals surface area contributed by atoms with Gasteiger partial charge in [-0.3, -0.25) is 0 Å². The van der Waals surface area contributed by atoms with E-state index in [1.54, 1.807) is 24.3 Å². The first-order valence-corrected chi connectivity index (χ1v) is 5.05. The molecule has 0 amide bonds. The molecule has 1 aromatic rings. The van der Waals surface area contributed by atoms with Gasteiger partial charge in [0, 0.05) is 0 Å². The molecule has 5 heteroatoms. The van der Waals surface area contributed by atoms with Crippen LogP contribution >= 0.6 is 0 Å². The minimum Gasteiger partial charge on any atom is -0.482 e. The van der Waals surface area contributed by atoms with Crippen LogP contribution in [0.4, 0.5) is 0 Å². The van der Waals surface area contributed by atoms with Crippen LogP contribution in [-0.4, -0.2) is 22.3 Å². The second-order valence-electron chi connectivity index (χ2n) is 3.35. The lowest BCUT2D eigenvalue weighted by molar-refractivity contribution is 0.244. The van der Waals surface area contributed by atoms with Crippen LogP contribution in [0.15, 0.2) is 29.4 Å². The zero-order valence-corrected chi connectivity index (χ0v) is 9.13. The van der Waals surface area contributed by atoms with Crippen molar-refractivity contribution in [2.45, 2.75) is 26.1 Å². The number of amidine groups is 1. The van der Waals surface area contributed by atoms with Gasteiger partial charge in [0.25, 0.3) is 0 Å². The predicted molar refractivity (Wildman–Crippen MR) is 60.5 cm³/mol. The standard InChI is InChI=1S/C11H16N2O3/c1-2-10(11(12)13-15)16-9-5-3-4-8(6-9)7-14/h3-6,10,14-15H,2,7H2,1H3,(H2,12,13). The summed E-state index contributed by atoms with van der Waals surface area (Å²) in [4.78, 5) is 0. The summed E-state index contributed by atoms with van der Waals surface area (Å²) >= 11 is 0. The summed E-state index contributed by atoms with van der Waals surface area (Å²) in [5, 5.41) is 20.4. The van der Waals surface area contributed by atoms with Crippen molar-refractivity contribution >= 4 is 5.84 Å². The van der Waals surface area contributed by atoms with E-state index in [-0.39, 0.29) is 12.4 Å². The van der Waals surface area contributed by atoms with Gasteiger partial charge in [-0.2, -0.15) is 0 Å². The summed E-state index contributed by atoms with van der Waals surface area (Å²) in [6, 6.07) is 7.04. The molecular weight excluding hydrogens is 208 g/mol. The molecular formula is C11H16N2O3. The molecule has 1 aromatic carbocycles. The molecule has 5 nitrogen and oxygen atoms in total. The molecule has 0 aliphatic rings. The van der Waals surface area contributed by atoms with Crippen molar-refractivity contribution in [3.63, 3.8) is 0 Å². The van der Waals surface area contributed by atoms with Gasteiger partial charge >= 0.3 is 0 Å². The highest BCUT2D eigenvalue weighted by Gasteiger charge is 2.13. The molecule has 0 saturated heterocycles. The molecule has 16 heavy (non-hydrogen) atoms. The molecule has 0 aliphatic heterocycles. The molecule has 0 heterocycles. The Balaban J connectivity index is 2.77. The van der Waals surface area contributed by atoms with Crippen LogP contribution in [0.25, 0.3) is 0 Å². The zero-order chi connectivity index (χ0) is 12.0. The first-order chi connectivity index (χ1) is 7.71. The number of oxime groups is 1. The average molecular weight is 224 g/mol. The summed E-state index contributed by atoms with van der Waals surface area (Å²) in [7, 11) is 0. The molecule has 1 rings (SSSR count). The Labute approximate surface area is 94.1 Å². The van der Waals surface area contributed by atoms with Gasteiger partial charge in [-0.15, -0.1) is 0 Å². The molecule has 4 N–H and O–H groups in total. The quantitative estimate of drug-likeness (QED) is 0.302. The van der Waals surface area contributed by atoms with Crippen LogP contribution in [-0.2, 0) is 6.61 Å². The summed E-state index contributed by atoms with van der Waals surface area (Å²) < 4.78 is 5.53. The van der Waals surface area contributed by atoms with Crippen LogP contribution in [0.2, 0.25) is 0 Å². The highest BCUT2D eigenvalue weighted by molar-refractivity contribution is 5.84. The second kappa shape index (κ2) is 5.97. The van der Waals surface area contributed by atoms with E-state index >= 15 is 0 Å². The van der Waals surface area contributed by atoms with E-state index in [1.165, 1.54) is 0 Å². The number of rotatable bonds is 5. The van der Waals surface area contributed by atoms with Crippen LogP contribution in [0.3, 0.4) is 0 Å². The fourth-order valence-corrected chi connectivity index (χ4v) is 1.30. The third kappa shape index (κ3) is 3.13. The van der Waals surface area contributed by atoms with E-state index in [4.69, 9.17) is 20.8 Å². The van der Waals surface area contributed by atoms with Gasteiger partial charge < -0.3 is 20.8 Å². The topological polar surface area (TPSA) is 88.1 Å². The average Bonchev–Trinajstić information content (AvgIpc) is 2.35. The number of hydrogen-bond acceptors (Lipinski definition) is 4. The Bertz CT molecular complexity index is 366. The fraction of sp³-hybridized carbons (Fsp3) is 0.364. The largest absolute Gasteiger partial charge is 0.482 e. The summed E-state index contributed by atoms with van der Waals surface area (Å²) in [6.45, 7) is 1.83. The van der Waals surface area contributed by atoms with E-state index < -0.39 is 6.10 Å². The minimum atomic E-state index is -0.459. The number of aliphatic hydroxyl groups excluding tert-OH is 1. The highest BCUT2D eigenvalue weighted by Crippen LogP contribution is 2.16. The molecule has 88 valence electrons. The van der Waals surface area contributed by atoms with Crippen LogP contribution < -0.4 is 10.5 Å². The number of ether oxygens (including phenoxy) is 1. The summed E-state index contributed by atoms with van der Waals surface area (Å²) in [6.07, 6.45) is 0.137. The second-order valence-corrected chi connectivity index (χ2v) is 3.35. The maximum Gasteiger partial charge on any atom is 0.180 e. The number of nitrogens with two attached hydrogens (primary N) is 1. The number of benzene rings is 1. The first-order valence-electron chi connectivity index (χ1n) is 5.05. The molecule has 0 aliphatic carbocycles. The Morgan fingerprint density at radius 2 is 2.31 bits per heavy atom. The van der Waals surface area contributed by atoms with E-state index in [0.29, 0.717) is 12.2 Å². The van der Waals surface area contributed by atoms with Crippen LogP contribution in [0.1, 0.15) is 18.9 Å². The van der Waals surface area contributed by atoms with Gasteiger partial charge in [0.1, 0.15) is 5.75 Å². The molecule has 0 spiro atoms. The van der Waals surface area contributed by atoms with E-state index in [1.807, 2.05) is 6.92 Å². The lowest BCUT2D eigenvalue weighted by Gasteiger charge is -2.16.